The molecule has 0 aliphatic rings. The predicted molar refractivity (Wildman–Crippen MR) is 87.3 cm³/mol. The van der Waals surface area contributed by atoms with Gasteiger partial charge in [-0.1, -0.05) is 27.7 Å². The van der Waals surface area contributed by atoms with E-state index in [1.54, 1.807) is 7.11 Å². The largest absolute Gasteiger partial charge is 0.494 e. The lowest BCUT2D eigenvalue weighted by Gasteiger charge is -2.06. The number of pyridine rings is 1. The first-order valence-corrected chi connectivity index (χ1v) is 7.38. The lowest BCUT2D eigenvalue weighted by molar-refractivity contribution is 0.406. The normalized spacial score (nSPS) is 7.67. The van der Waals surface area contributed by atoms with Gasteiger partial charge in [-0.15, -0.1) is 0 Å². The van der Waals surface area contributed by atoms with Crippen LogP contribution in [0.15, 0.2) is 6.07 Å². The number of halogens is 2. The zero-order valence-corrected chi connectivity index (χ0v) is 15.1. The molecule has 0 bridgehead atoms. The van der Waals surface area contributed by atoms with Crippen LogP contribution >= 0.6 is 22.6 Å². The van der Waals surface area contributed by atoms with Gasteiger partial charge in [-0.2, -0.15) is 0 Å². The zero-order valence-electron chi connectivity index (χ0n) is 12.9. The Morgan fingerprint density at radius 2 is 1.61 bits per heavy atom. The smallest absolute Gasteiger partial charge is 0.153 e. The molecule has 0 unspecified atom stereocenters. The summed E-state index contributed by atoms with van der Waals surface area (Å²) in [7, 11) is 1.67. The van der Waals surface area contributed by atoms with E-state index in [0.29, 0.717) is 0 Å². The molecule has 0 aliphatic carbocycles. The summed E-state index contributed by atoms with van der Waals surface area (Å²) in [6.07, 6.45) is 0. The van der Waals surface area contributed by atoms with Gasteiger partial charge >= 0.3 is 0 Å². The Hall–Kier alpha value is -0.390. The average molecular weight is 371 g/mol. The number of aryl methyl sites for hydroxylation is 2. The summed E-state index contributed by atoms with van der Waals surface area (Å²) in [6.45, 7) is 13.1. The minimum atomic E-state index is -0.250. The van der Waals surface area contributed by atoms with Crippen molar-refractivity contribution in [3.05, 3.63) is 21.0 Å². The van der Waals surface area contributed by atoms with E-state index in [4.69, 9.17) is 4.74 Å². The summed E-state index contributed by atoms with van der Waals surface area (Å²) >= 11 is 2.25. The Balaban J connectivity index is -0.000000274. The fraction of sp³-hybridized carbons (Fsp3) is 0.643. The van der Waals surface area contributed by atoms with E-state index < -0.39 is 0 Å². The van der Waals surface area contributed by atoms with Gasteiger partial charge in [-0.3, -0.25) is 9.37 Å². The summed E-state index contributed by atoms with van der Waals surface area (Å²) < 4.78 is 16.6. The average Bonchev–Trinajstić information content (AvgIpc) is 2.34. The zero-order chi connectivity index (χ0) is 15.1. The van der Waals surface area contributed by atoms with Gasteiger partial charge in [-0.05, 0) is 49.4 Å². The second-order valence-electron chi connectivity index (χ2n) is 2.63. The van der Waals surface area contributed by atoms with E-state index in [0.717, 1.165) is 20.7 Å². The van der Waals surface area contributed by atoms with Crippen LogP contribution in [0.25, 0.3) is 0 Å². The van der Waals surface area contributed by atoms with Crippen molar-refractivity contribution in [3.8, 4) is 5.75 Å². The van der Waals surface area contributed by atoms with Gasteiger partial charge in [0.05, 0.1) is 23.0 Å². The van der Waals surface area contributed by atoms with Crippen LogP contribution < -0.4 is 4.74 Å². The van der Waals surface area contributed by atoms with Crippen molar-refractivity contribution < 1.29 is 9.13 Å². The third-order valence-electron chi connectivity index (χ3n) is 1.43. The van der Waals surface area contributed by atoms with Gasteiger partial charge in [-0.25, -0.2) is 0 Å². The predicted octanol–water partition coefficient (Wildman–Crippen LogP) is 5.34. The van der Waals surface area contributed by atoms with E-state index in [1.807, 2.05) is 47.6 Å². The molecule has 0 fully saturated rings. The Bertz CT molecular complexity index is 270. The van der Waals surface area contributed by atoms with Crippen molar-refractivity contribution >= 4 is 22.6 Å². The first-order valence-electron chi connectivity index (χ1n) is 6.30. The molecule has 0 aromatic carbocycles. The summed E-state index contributed by atoms with van der Waals surface area (Å²) in [5.74, 6) is 0.885. The topological polar surface area (TPSA) is 22.1 Å². The van der Waals surface area contributed by atoms with E-state index in [9.17, 15) is 4.39 Å². The molecule has 108 valence electrons. The maximum Gasteiger partial charge on any atom is 0.153 e. The van der Waals surface area contributed by atoms with Gasteiger partial charge in [0.15, 0.2) is 5.75 Å². The van der Waals surface area contributed by atoms with Crippen LogP contribution in [-0.2, 0) is 0 Å². The van der Waals surface area contributed by atoms with Gasteiger partial charge in [0, 0.05) is 5.69 Å². The number of nitrogens with zero attached hydrogens (tertiary/aromatic N) is 1. The summed E-state index contributed by atoms with van der Waals surface area (Å²) in [5, 5.41) is 0. The molecule has 1 rings (SSSR count). The van der Waals surface area contributed by atoms with Gasteiger partial charge < -0.3 is 4.74 Å². The van der Waals surface area contributed by atoms with Crippen molar-refractivity contribution in [2.24, 2.45) is 0 Å². The molecule has 0 atom stereocenters. The molecular weight excluding hydrogens is 344 g/mol. The third-order valence-corrected chi connectivity index (χ3v) is 2.23. The molecule has 0 N–H and O–H groups in total. The van der Waals surface area contributed by atoms with Crippen molar-refractivity contribution in [1.82, 2.24) is 4.98 Å². The van der Waals surface area contributed by atoms with E-state index in [2.05, 4.69) is 27.6 Å². The van der Waals surface area contributed by atoms with Crippen molar-refractivity contribution in [1.29, 1.82) is 0 Å². The van der Waals surface area contributed by atoms with Crippen LogP contribution in [0.2, 0.25) is 0 Å². The molecule has 0 radical (unpaired) electrons. The Kier molecular flexibility index (Phi) is 21.0. The van der Waals surface area contributed by atoms with Crippen LogP contribution in [0.3, 0.4) is 0 Å². The maximum atomic E-state index is 10.3. The highest BCUT2D eigenvalue weighted by Gasteiger charge is 2.04. The second kappa shape index (κ2) is 16.6. The lowest BCUT2D eigenvalue weighted by atomic mass is 10.3. The molecule has 0 spiro atoms. The van der Waals surface area contributed by atoms with E-state index in [-0.39, 0.29) is 6.67 Å². The highest BCUT2D eigenvalue weighted by molar-refractivity contribution is 14.1. The molecule has 1 aromatic rings. The molecule has 4 heteroatoms. The molecule has 0 aliphatic heterocycles. The van der Waals surface area contributed by atoms with Crippen LogP contribution in [0.1, 0.15) is 46.0 Å². The molecule has 1 heterocycles. The number of rotatable bonds is 1. The molecular formula is C14H27FINO. The summed E-state index contributed by atoms with van der Waals surface area (Å²) in [4.78, 5) is 4.28. The second-order valence-corrected chi connectivity index (χ2v) is 3.79. The SMILES string of the molecule is CC.CC.CCF.COc1c(I)cc(C)nc1C. The fourth-order valence-electron chi connectivity index (χ4n) is 1.01. The Labute approximate surface area is 125 Å². The van der Waals surface area contributed by atoms with Crippen LogP contribution in [-0.4, -0.2) is 18.8 Å². The summed E-state index contributed by atoms with van der Waals surface area (Å²) in [5.41, 5.74) is 1.99. The quantitative estimate of drug-likeness (QED) is 0.622. The number of aromatic nitrogens is 1. The van der Waals surface area contributed by atoms with E-state index >= 15 is 0 Å². The Morgan fingerprint density at radius 1 is 1.22 bits per heavy atom. The van der Waals surface area contributed by atoms with Gasteiger partial charge in [0.25, 0.3) is 0 Å². The van der Waals surface area contributed by atoms with Crippen LogP contribution in [0.5, 0.6) is 5.75 Å². The first-order chi connectivity index (χ1) is 8.56. The minimum Gasteiger partial charge on any atom is -0.494 e. The number of ether oxygens (including phenoxy) is 1. The van der Waals surface area contributed by atoms with Crippen molar-refractivity contribution in [2.45, 2.75) is 48.5 Å². The molecule has 2 nitrogen and oxygen atoms in total. The Morgan fingerprint density at radius 3 is 1.89 bits per heavy atom. The van der Waals surface area contributed by atoms with Gasteiger partial charge in [0.1, 0.15) is 0 Å². The number of hydrogen-bond acceptors (Lipinski definition) is 2. The highest BCUT2D eigenvalue weighted by Crippen LogP contribution is 2.23. The summed E-state index contributed by atoms with van der Waals surface area (Å²) in [6, 6.07) is 2.01. The van der Waals surface area contributed by atoms with Gasteiger partial charge in [0.2, 0.25) is 0 Å². The minimum absolute atomic E-state index is 0.250. The van der Waals surface area contributed by atoms with Crippen LogP contribution in [0.4, 0.5) is 4.39 Å². The third kappa shape index (κ3) is 10.7. The lowest BCUT2D eigenvalue weighted by Crippen LogP contribution is -1.95. The number of methoxy groups -OCH3 is 1. The first kappa shape index (κ1) is 22.8. The molecule has 0 saturated heterocycles. The van der Waals surface area contributed by atoms with Crippen molar-refractivity contribution in [2.75, 3.05) is 13.8 Å². The molecule has 0 amide bonds. The standard InChI is InChI=1S/C8H10INO.C2H5F.2C2H6/c1-5-4-7(9)8(11-3)6(2)10-5;1-2-3;2*1-2/h4H,1-3H3;2H2,1H3;2*1-2H3. The van der Waals surface area contributed by atoms with Crippen LogP contribution in [0, 0.1) is 17.4 Å². The fourth-order valence-corrected chi connectivity index (χ4v) is 2.08. The molecule has 1 aromatic heterocycles. The number of hydrogen-bond donors (Lipinski definition) is 0. The van der Waals surface area contributed by atoms with E-state index in [1.165, 1.54) is 6.92 Å². The highest BCUT2D eigenvalue weighted by atomic mass is 127. The molecule has 18 heavy (non-hydrogen) atoms. The van der Waals surface area contributed by atoms with Crippen molar-refractivity contribution in [3.63, 3.8) is 0 Å². The molecule has 0 saturated carbocycles. The maximum absolute atomic E-state index is 10.3. The monoisotopic (exact) mass is 371 g/mol. The number of alkyl halides is 1.